The maximum Gasteiger partial charge on any atom is 0.340 e. The number of benzene rings is 6. The van der Waals surface area contributed by atoms with E-state index in [4.69, 9.17) is 21.1 Å². The Morgan fingerprint density at radius 2 is 1.12 bits per heavy atom. The molecule has 4 heterocycles. The standard InChI is InChI=1S/C53H43ClN4O7/c1-3-39-32-52(50(62)64-45(35-22-11-5-12-23-35)36-24-13-6-14-25-36,51(63)65-46(37-26-15-7-16-27-37)38-28-17-8-18-29-38)58-44-43(47(59)55(2)48(44)60)53(57(39)58)42-40(54)30-19-31-41(42)56(49(53)61)33-34-20-9-4-10-21-34/h3-31,39,43-46H,1,32-33H2,2H3/t39-,43-,44+,53+/m1/s1. The predicted molar refractivity (Wildman–Crippen MR) is 242 cm³/mol. The second kappa shape index (κ2) is 16.4. The quantitative estimate of drug-likeness (QED) is 0.0553. The smallest absolute Gasteiger partial charge is 0.340 e. The van der Waals surface area contributed by atoms with E-state index in [0.29, 0.717) is 27.9 Å². The Balaban J connectivity index is 1.21. The number of anilines is 1. The highest BCUT2D eigenvalue weighted by Crippen LogP contribution is 2.64. The van der Waals surface area contributed by atoms with Crippen molar-refractivity contribution in [1.29, 1.82) is 0 Å². The van der Waals surface area contributed by atoms with E-state index in [0.717, 1.165) is 10.5 Å². The molecule has 0 aliphatic carbocycles. The Morgan fingerprint density at radius 3 is 1.58 bits per heavy atom. The molecule has 11 nitrogen and oxygen atoms in total. The maximum absolute atomic E-state index is 16.0. The van der Waals surface area contributed by atoms with E-state index >= 15 is 14.4 Å². The Labute approximate surface area is 381 Å². The van der Waals surface area contributed by atoms with Gasteiger partial charge in [-0.15, -0.1) is 6.58 Å². The molecule has 3 saturated heterocycles. The number of likely N-dealkylation sites (N-methyl/N-ethyl adjacent to an activating group) is 1. The Hall–Kier alpha value is -7.18. The van der Waals surface area contributed by atoms with Gasteiger partial charge in [-0.1, -0.05) is 175 Å². The number of nitrogens with zero attached hydrogens (tertiary/aromatic N) is 4. The molecule has 0 radical (unpaired) electrons. The van der Waals surface area contributed by atoms with Crippen LogP contribution in [-0.2, 0) is 45.5 Å². The topological polar surface area (TPSA) is 117 Å². The monoisotopic (exact) mass is 882 g/mol. The molecule has 4 aliphatic rings. The minimum absolute atomic E-state index is 0.0949. The number of halogens is 1. The lowest BCUT2D eigenvalue weighted by atomic mass is 9.75. The van der Waals surface area contributed by atoms with Crippen molar-refractivity contribution in [3.8, 4) is 0 Å². The van der Waals surface area contributed by atoms with E-state index < -0.39 is 70.9 Å². The summed E-state index contributed by atoms with van der Waals surface area (Å²) in [4.78, 5) is 80.4. The molecule has 1 spiro atoms. The number of esters is 2. The van der Waals surface area contributed by atoms with Gasteiger partial charge in [0.1, 0.15) is 6.04 Å². The summed E-state index contributed by atoms with van der Waals surface area (Å²) in [7, 11) is 1.34. The minimum Gasteiger partial charge on any atom is -0.451 e. The third-order valence-electron chi connectivity index (χ3n) is 13.2. The summed E-state index contributed by atoms with van der Waals surface area (Å²) in [5.74, 6) is -5.53. The zero-order valence-corrected chi connectivity index (χ0v) is 36.0. The van der Waals surface area contributed by atoms with Gasteiger partial charge in [-0.3, -0.25) is 19.3 Å². The number of hydrazine groups is 1. The third-order valence-corrected chi connectivity index (χ3v) is 13.6. The normalized spacial score (nSPS) is 22.1. The first kappa shape index (κ1) is 41.8. The summed E-state index contributed by atoms with van der Waals surface area (Å²) >= 11 is 7.23. The van der Waals surface area contributed by atoms with Crippen LogP contribution in [0.2, 0.25) is 5.02 Å². The van der Waals surface area contributed by atoms with E-state index in [1.165, 1.54) is 18.1 Å². The van der Waals surface area contributed by atoms with E-state index in [1.807, 2.05) is 152 Å². The Bertz CT molecular complexity index is 2660. The lowest BCUT2D eigenvalue weighted by Gasteiger charge is -2.42. The first-order valence-electron chi connectivity index (χ1n) is 21.4. The largest absolute Gasteiger partial charge is 0.451 e. The molecule has 324 valence electrons. The number of hydrogen-bond donors (Lipinski definition) is 0. The summed E-state index contributed by atoms with van der Waals surface area (Å²) in [5.41, 5.74) is -0.582. The van der Waals surface area contributed by atoms with Gasteiger partial charge < -0.3 is 14.4 Å². The fourth-order valence-electron chi connectivity index (χ4n) is 10.4. The summed E-state index contributed by atoms with van der Waals surface area (Å²) in [6, 6.07) is 48.3. The van der Waals surface area contributed by atoms with Crippen molar-refractivity contribution >= 4 is 46.9 Å². The number of imide groups is 1. The molecule has 65 heavy (non-hydrogen) atoms. The molecule has 0 bridgehead atoms. The maximum atomic E-state index is 16.0. The molecule has 4 atom stereocenters. The van der Waals surface area contributed by atoms with Crippen LogP contribution < -0.4 is 4.90 Å². The number of rotatable bonds is 11. The summed E-state index contributed by atoms with van der Waals surface area (Å²) < 4.78 is 13.3. The number of fused-ring (bicyclic) bond motifs is 7. The van der Waals surface area contributed by atoms with E-state index in [-0.39, 0.29) is 23.6 Å². The fourth-order valence-corrected chi connectivity index (χ4v) is 10.7. The Kier molecular flexibility index (Phi) is 10.6. The van der Waals surface area contributed by atoms with E-state index in [9.17, 15) is 9.59 Å². The fraction of sp³-hybridized carbons (Fsp3) is 0.189. The second-order valence-corrected chi connectivity index (χ2v) is 17.1. The van der Waals surface area contributed by atoms with Gasteiger partial charge in [0.15, 0.2) is 17.7 Å². The van der Waals surface area contributed by atoms with Crippen LogP contribution >= 0.6 is 11.6 Å². The molecule has 6 aromatic rings. The number of carbonyl (C=O) groups excluding carboxylic acids is 5. The van der Waals surface area contributed by atoms with Crippen molar-refractivity contribution < 1.29 is 33.4 Å². The van der Waals surface area contributed by atoms with Crippen LogP contribution in [-0.4, -0.2) is 69.2 Å². The molecule has 0 N–H and O–H groups in total. The van der Waals surface area contributed by atoms with Gasteiger partial charge in [0, 0.05) is 30.1 Å². The van der Waals surface area contributed by atoms with Crippen molar-refractivity contribution in [2.45, 2.75) is 48.3 Å². The molecule has 0 saturated carbocycles. The lowest BCUT2D eigenvalue weighted by molar-refractivity contribution is -0.192. The number of carbonyl (C=O) groups is 5. The van der Waals surface area contributed by atoms with Crippen LogP contribution in [0.15, 0.2) is 183 Å². The molecular formula is C53H43ClN4O7. The molecule has 0 aromatic heterocycles. The molecule has 3 amide bonds. The van der Waals surface area contributed by atoms with Crippen LogP contribution in [0.5, 0.6) is 0 Å². The first-order valence-corrected chi connectivity index (χ1v) is 21.8. The van der Waals surface area contributed by atoms with Crippen molar-refractivity contribution in [2.75, 3.05) is 11.9 Å². The molecule has 6 aromatic carbocycles. The van der Waals surface area contributed by atoms with Crippen molar-refractivity contribution in [3.05, 3.63) is 221 Å². The number of likely N-dealkylation sites (tertiary alicyclic amines) is 1. The average Bonchev–Trinajstić information content (AvgIpc) is 4.01. The number of hydrogen-bond acceptors (Lipinski definition) is 9. The van der Waals surface area contributed by atoms with Crippen molar-refractivity contribution in [1.82, 2.24) is 14.9 Å². The van der Waals surface area contributed by atoms with Gasteiger partial charge in [-0.25, -0.2) is 14.6 Å². The Morgan fingerprint density at radius 1 is 0.662 bits per heavy atom. The minimum atomic E-state index is -2.50. The summed E-state index contributed by atoms with van der Waals surface area (Å²) in [6.07, 6.45) is -0.920. The van der Waals surface area contributed by atoms with Gasteiger partial charge in [-0.2, -0.15) is 5.01 Å². The highest BCUT2D eigenvalue weighted by molar-refractivity contribution is 6.33. The first-order chi connectivity index (χ1) is 31.6. The predicted octanol–water partition coefficient (Wildman–Crippen LogP) is 7.96. The number of ether oxygens (including phenoxy) is 2. The van der Waals surface area contributed by atoms with Gasteiger partial charge in [-0.05, 0) is 39.9 Å². The van der Waals surface area contributed by atoms with Gasteiger partial charge in [0.05, 0.1) is 18.2 Å². The van der Waals surface area contributed by atoms with E-state index in [1.54, 1.807) is 28.1 Å². The average molecular weight is 883 g/mol. The lowest BCUT2D eigenvalue weighted by Crippen LogP contribution is -2.65. The van der Waals surface area contributed by atoms with Crippen LogP contribution in [0, 0.1) is 5.92 Å². The highest BCUT2D eigenvalue weighted by atomic mass is 35.5. The molecule has 0 unspecified atom stereocenters. The molecule has 12 heteroatoms. The summed E-state index contributed by atoms with van der Waals surface area (Å²) in [5, 5.41) is 3.04. The van der Waals surface area contributed by atoms with Crippen LogP contribution in [0.1, 0.15) is 52.0 Å². The number of amides is 3. The zero-order valence-electron chi connectivity index (χ0n) is 35.3. The third kappa shape index (κ3) is 6.36. The van der Waals surface area contributed by atoms with Gasteiger partial charge in [0.25, 0.3) is 5.91 Å². The molecule has 10 rings (SSSR count). The van der Waals surface area contributed by atoms with Crippen molar-refractivity contribution in [2.24, 2.45) is 5.92 Å². The van der Waals surface area contributed by atoms with Crippen molar-refractivity contribution in [3.63, 3.8) is 0 Å². The zero-order chi connectivity index (χ0) is 45.0. The van der Waals surface area contributed by atoms with Crippen LogP contribution in [0.3, 0.4) is 0 Å². The van der Waals surface area contributed by atoms with Crippen LogP contribution in [0.4, 0.5) is 5.69 Å². The highest BCUT2D eigenvalue weighted by Gasteiger charge is 2.83. The summed E-state index contributed by atoms with van der Waals surface area (Å²) in [6.45, 7) is 4.28. The molecule has 4 aliphatic heterocycles. The molecule has 3 fully saturated rings. The van der Waals surface area contributed by atoms with Crippen LogP contribution in [0.25, 0.3) is 0 Å². The van der Waals surface area contributed by atoms with E-state index in [2.05, 4.69) is 6.58 Å². The second-order valence-electron chi connectivity index (χ2n) is 16.7. The SMILES string of the molecule is C=C[C@@H]1CC(C(=O)OC(c2ccccc2)c2ccccc2)(C(=O)OC(c2ccccc2)c2ccccc2)N2[C@@H]3C(=O)N(C)C(=O)[C@@H]3[C@@]3(C(=O)N(Cc4ccccc4)c4cccc(Cl)c43)N12. The molecular weight excluding hydrogens is 840 g/mol. The van der Waals surface area contributed by atoms with Gasteiger partial charge >= 0.3 is 11.9 Å². The van der Waals surface area contributed by atoms with Gasteiger partial charge in [0.2, 0.25) is 17.4 Å².